The highest BCUT2D eigenvalue weighted by atomic mass is 19.4. The van der Waals surface area contributed by atoms with Crippen molar-refractivity contribution >= 4 is 0 Å². The molecule has 1 aromatic heterocycles. The molecule has 1 aliphatic rings. The molecule has 1 fully saturated rings. The molecule has 0 radical (unpaired) electrons. The van der Waals surface area contributed by atoms with Crippen molar-refractivity contribution in [2.45, 2.75) is 37.4 Å². The van der Waals surface area contributed by atoms with Crippen molar-refractivity contribution in [1.29, 1.82) is 0 Å². The van der Waals surface area contributed by atoms with Gasteiger partial charge in [-0.2, -0.15) is 18.2 Å². The Bertz CT molecular complexity index is 690. The first kappa shape index (κ1) is 15.0. The number of rotatable bonds is 2. The van der Waals surface area contributed by atoms with Gasteiger partial charge in [0, 0.05) is 5.56 Å². The number of alkyl halides is 3. The second-order valence-corrected chi connectivity index (χ2v) is 5.48. The number of nitrogens with zero attached hydrogens (tertiary/aromatic N) is 2. The molecule has 0 atom stereocenters. The van der Waals surface area contributed by atoms with Crippen molar-refractivity contribution in [3.05, 3.63) is 35.4 Å². The summed E-state index contributed by atoms with van der Waals surface area (Å²) in [5, 5.41) is 3.77. The second-order valence-electron chi connectivity index (χ2n) is 5.48. The van der Waals surface area contributed by atoms with Crippen molar-refractivity contribution in [2.24, 2.45) is 5.73 Å². The first-order valence-electron chi connectivity index (χ1n) is 6.80. The molecule has 0 spiro atoms. The van der Waals surface area contributed by atoms with Crippen LogP contribution in [0, 0.1) is 5.82 Å². The Morgan fingerprint density at radius 2 is 1.86 bits per heavy atom. The van der Waals surface area contributed by atoms with Gasteiger partial charge in [0.2, 0.25) is 0 Å². The lowest BCUT2D eigenvalue weighted by atomic mass is 9.98. The van der Waals surface area contributed by atoms with Crippen molar-refractivity contribution in [2.75, 3.05) is 0 Å². The van der Waals surface area contributed by atoms with Crippen LogP contribution in [0.1, 0.15) is 37.1 Å². The summed E-state index contributed by atoms with van der Waals surface area (Å²) >= 11 is 0. The maximum atomic E-state index is 13.3. The summed E-state index contributed by atoms with van der Waals surface area (Å²) in [7, 11) is 0. The SMILES string of the molecule is NC1(c2noc(-c3ccc(F)c(C(F)(F)F)c3)n2)CCCC1. The summed E-state index contributed by atoms with van der Waals surface area (Å²) in [4.78, 5) is 4.09. The van der Waals surface area contributed by atoms with Crippen LogP contribution in [0.15, 0.2) is 22.7 Å². The lowest BCUT2D eigenvalue weighted by molar-refractivity contribution is -0.139. The minimum Gasteiger partial charge on any atom is -0.334 e. The number of benzene rings is 1. The van der Waals surface area contributed by atoms with Gasteiger partial charge in [0.05, 0.1) is 11.1 Å². The number of halogens is 4. The van der Waals surface area contributed by atoms with Gasteiger partial charge < -0.3 is 10.3 Å². The van der Waals surface area contributed by atoms with Crippen molar-refractivity contribution in [3.63, 3.8) is 0 Å². The van der Waals surface area contributed by atoms with Gasteiger partial charge in [0.1, 0.15) is 5.82 Å². The van der Waals surface area contributed by atoms with E-state index >= 15 is 0 Å². The number of hydrogen-bond donors (Lipinski definition) is 1. The molecule has 4 nitrogen and oxygen atoms in total. The Morgan fingerprint density at radius 3 is 2.50 bits per heavy atom. The maximum absolute atomic E-state index is 13.3. The molecule has 1 saturated carbocycles. The average molecular weight is 315 g/mol. The summed E-state index contributed by atoms with van der Waals surface area (Å²) in [5.74, 6) is -1.17. The van der Waals surface area contributed by atoms with Gasteiger partial charge in [-0.1, -0.05) is 18.0 Å². The molecule has 0 bridgehead atoms. The molecule has 0 amide bonds. The predicted molar refractivity (Wildman–Crippen MR) is 69.0 cm³/mol. The van der Waals surface area contributed by atoms with Gasteiger partial charge in [-0.25, -0.2) is 4.39 Å². The molecule has 1 heterocycles. The standard InChI is InChI=1S/C14H13F4N3O/c15-10-4-3-8(7-9(10)14(16,17)18)11-20-12(21-22-11)13(19)5-1-2-6-13/h3-4,7H,1-2,5-6,19H2. The summed E-state index contributed by atoms with van der Waals surface area (Å²) < 4.78 is 56.5. The first-order valence-corrected chi connectivity index (χ1v) is 6.80. The smallest absolute Gasteiger partial charge is 0.334 e. The quantitative estimate of drug-likeness (QED) is 0.860. The van der Waals surface area contributed by atoms with Crippen molar-refractivity contribution < 1.29 is 22.1 Å². The van der Waals surface area contributed by atoms with E-state index in [4.69, 9.17) is 10.3 Å². The summed E-state index contributed by atoms with van der Waals surface area (Å²) in [6, 6.07) is 2.56. The Labute approximate surface area is 123 Å². The highest BCUT2D eigenvalue weighted by Crippen LogP contribution is 2.37. The van der Waals surface area contributed by atoms with Gasteiger partial charge in [-0.3, -0.25) is 0 Å². The molecule has 2 N–H and O–H groups in total. The van der Waals surface area contributed by atoms with Gasteiger partial charge in [0.15, 0.2) is 5.82 Å². The number of nitrogens with two attached hydrogens (primary N) is 1. The Kier molecular flexibility index (Phi) is 3.43. The predicted octanol–water partition coefficient (Wildman–Crippen LogP) is 3.62. The molecular formula is C14H13F4N3O. The normalized spacial score (nSPS) is 17.9. The zero-order valence-corrected chi connectivity index (χ0v) is 11.5. The third-order valence-corrected chi connectivity index (χ3v) is 3.89. The van der Waals surface area contributed by atoms with Crippen LogP contribution < -0.4 is 5.73 Å². The van der Waals surface area contributed by atoms with E-state index in [2.05, 4.69) is 10.1 Å². The Morgan fingerprint density at radius 1 is 1.18 bits per heavy atom. The maximum Gasteiger partial charge on any atom is 0.419 e. The molecule has 1 aromatic carbocycles. The molecule has 118 valence electrons. The molecular weight excluding hydrogens is 302 g/mol. The monoisotopic (exact) mass is 315 g/mol. The van der Waals surface area contributed by atoms with E-state index in [1.165, 1.54) is 6.07 Å². The van der Waals surface area contributed by atoms with Gasteiger partial charge in [-0.15, -0.1) is 0 Å². The van der Waals surface area contributed by atoms with Crippen LogP contribution in [0.5, 0.6) is 0 Å². The lowest BCUT2D eigenvalue weighted by Gasteiger charge is -2.17. The zero-order chi connectivity index (χ0) is 16.0. The molecule has 3 rings (SSSR count). The van der Waals surface area contributed by atoms with Crippen LogP contribution in [0.4, 0.5) is 17.6 Å². The minimum atomic E-state index is -4.79. The number of aromatic nitrogens is 2. The van der Waals surface area contributed by atoms with E-state index in [0.29, 0.717) is 18.9 Å². The molecule has 0 aliphatic heterocycles. The van der Waals surface area contributed by atoms with Crippen LogP contribution in [0.3, 0.4) is 0 Å². The van der Waals surface area contributed by atoms with Crippen LogP contribution >= 0.6 is 0 Å². The van der Waals surface area contributed by atoms with E-state index in [9.17, 15) is 17.6 Å². The third kappa shape index (κ3) is 2.58. The van der Waals surface area contributed by atoms with Crippen molar-refractivity contribution in [1.82, 2.24) is 10.1 Å². The Balaban J connectivity index is 1.97. The molecule has 0 unspecified atom stereocenters. The molecule has 22 heavy (non-hydrogen) atoms. The van der Waals surface area contributed by atoms with E-state index in [1.807, 2.05) is 0 Å². The van der Waals surface area contributed by atoms with Crippen LogP contribution in [-0.2, 0) is 11.7 Å². The highest BCUT2D eigenvalue weighted by Gasteiger charge is 2.37. The molecule has 8 heteroatoms. The fourth-order valence-corrected chi connectivity index (χ4v) is 2.65. The fraction of sp³-hybridized carbons (Fsp3) is 0.429. The van der Waals surface area contributed by atoms with Gasteiger partial charge in [0.25, 0.3) is 5.89 Å². The molecule has 1 aliphatic carbocycles. The third-order valence-electron chi connectivity index (χ3n) is 3.89. The summed E-state index contributed by atoms with van der Waals surface area (Å²) in [5.41, 5.74) is 4.11. The zero-order valence-electron chi connectivity index (χ0n) is 11.5. The van der Waals surface area contributed by atoms with E-state index in [1.54, 1.807) is 0 Å². The molecule has 0 saturated heterocycles. The largest absolute Gasteiger partial charge is 0.419 e. The minimum absolute atomic E-state index is 0.00840. The van der Waals surface area contributed by atoms with Gasteiger partial charge >= 0.3 is 6.18 Å². The summed E-state index contributed by atoms with van der Waals surface area (Å²) in [6.07, 6.45) is -1.51. The summed E-state index contributed by atoms with van der Waals surface area (Å²) in [6.45, 7) is 0. The Hall–Kier alpha value is -1.96. The van der Waals surface area contributed by atoms with Gasteiger partial charge in [-0.05, 0) is 31.0 Å². The second kappa shape index (κ2) is 5.05. The van der Waals surface area contributed by atoms with Crippen molar-refractivity contribution in [3.8, 4) is 11.5 Å². The average Bonchev–Trinajstić information content (AvgIpc) is 3.07. The lowest BCUT2D eigenvalue weighted by Crippen LogP contribution is -2.34. The van der Waals surface area contributed by atoms with Crippen LogP contribution in [0.25, 0.3) is 11.5 Å². The van der Waals surface area contributed by atoms with E-state index in [0.717, 1.165) is 18.9 Å². The van der Waals surface area contributed by atoms with Crippen LogP contribution in [0.2, 0.25) is 0 Å². The highest BCUT2D eigenvalue weighted by molar-refractivity contribution is 5.55. The van der Waals surface area contributed by atoms with E-state index in [-0.39, 0.29) is 17.3 Å². The fourth-order valence-electron chi connectivity index (χ4n) is 2.65. The van der Waals surface area contributed by atoms with Crippen LogP contribution in [-0.4, -0.2) is 10.1 Å². The topological polar surface area (TPSA) is 64.9 Å². The van der Waals surface area contributed by atoms with E-state index < -0.39 is 23.1 Å². The molecule has 2 aromatic rings. The first-order chi connectivity index (χ1) is 10.3. The number of hydrogen-bond acceptors (Lipinski definition) is 4.